The van der Waals surface area contributed by atoms with Crippen LogP contribution in [0.25, 0.3) is 16.9 Å². The molecule has 1 aliphatic carbocycles. The van der Waals surface area contributed by atoms with E-state index in [0.717, 1.165) is 30.6 Å². The summed E-state index contributed by atoms with van der Waals surface area (Å²) >= 11 is 0. The Bertz CT molecular complexity index is 1240. The molecule has 0 radical (unpaired) electrons. The van der Waals surface area contributed by atoms with Gasteiger partial charge in [-0.3, -0.25) is 9.13 Å². The average molecular weight is 406 g/mol. The van der Waals surface area contributed by atoms with Gasteiger partial charge < -0.3 is 15.2 Å². The second kappa shape index (κ2) is 7.29. The lowest BCUT2D eigenvalue weighted by Crippen LogP contribution is -2.22. The molecular formula is C20H22N8O2. The van der Waals surface area contributed by atoms with Crippen LogP contribution in [-0.2, 0) is 7.05 Å². The van der Waals surface area contributed by atoms with E-state index in [0.29, 0.717) is 35.3 Å². The SMILES string of the molecule is Cc1nc(N[C@H]2CC[C@H](Nc3ccc(-n4c(=O)n(C)c5ncccc54)cn3)C2)no1. The van der Waals surface area contributed by atoms with Crippen molar-refractivity contribution >= 4 is 22.9 Å². The highest BCUT2D eigenvalue weighted by Crippen LogP contribution is 2.25. The van der Waals surface area contributed by atoms with E-state index < -0.39 is 0 Å². The van der Waals surface area contributed by atoms with Crippen molar-refractivity contribution in [3.63, 3.8) is 0 Å². The highest BCUT2D eigenvalue weighted by atomic mass is 16.5. The molecule has 0 unspecified atom stereocenters. The smallest absolute Gasteiger partial charge is 0.334 e. The van der Waals surface area contributed by atoms with Crippen molar-refractivity contribution in [2.24, 2.45) is 7.05 Å². The number of hydrogen-bond donors (Lipinski definition) is 2. The van der Waals surface area contributed by atoms with E-state index in [-0.39, 0.29) is 5.69 Å². The maximum atomic E-state index is 12.7. The second-order valence-electron chi connectivity index (χ2n) is 7.56. The highest BCUT2D eigenvalue weighted by molar-refractivity contribution is 5.73. The molecule has 0 spiro atoms. The summed E-state index contributed by atoms with van der Waals surface area (Å²) in [5, 5.41) is 10.7. The van der Waals surface area contributed by atoms with Gasteiger partial charge in [-0.05, 0) is 48.7 Å². The number of rotatable bonds is 5. The van der Waals surface area contributed by atoms with Crippen molar-refractivity contribution in [2.45, 2.75) is 38.3 Å². The van der Waals surface area contributed by atoms with E-state index >= 15 is 0 Å². The van der Waals surface area contributed by atoms with E-state index in [1.165, 1.54) is 0 Å². The summed E-state index contributed by atoms with van der Waals surface area (Å²) in [5.74, 6) is 1.87. The minimum absolute atomic E-state index is 0.146. The molecule has 4 heterocycles. The molecule has 0 aromatic carbocycles. The molecule has 2 atom stereocenters. The highest BCUT2D eigenvalue weighted by Gasteiger charge is 2.26. The standard InChI is InChI=1S/C20H22N8O2/c1-12-23-19(26-30-12)25-14-6-5-13(10-14)24-17-8-7-15(11-22-17)28-16-4-3-9-21-18(16)27(2)20(28)29/h3-4,7-9,11,13-14H,5-6,10H2,1-2H3,(H,22,24)(H,25,26)/t13-,14-/m0/s1. The fourth-order valence-electron chi connectivity index (χ4n) is 4.01. The lowest BCUT2D eigenvalue weighted by Gasteiger charge is -2.14. The first-order valence-corrected chi connectivity index (χ1v) is 9.91. The van der Waals surface area contributed by atoms with E-state index in [4.69, 9.17) is 4.52 Å². The van der Waals surface area contributed by atoms with Gasteiger partial charge in [-0.1, -0.05) is 0 Å². The molecule has 2 N–H and O–H groups in total. The number of imidazole rings is 1. The van der Waals surface area contributed by atoms with Crippen molar-refractivity contribution in [1.29, 1.82) is 0 Å². The Kier molecular flexibility index (Phi) is 4.46. The first kappa shape index (κ1) is 18.3. The fourth-order valence-corrected chi connectivity index (χ4v) is 4.01. The number of nitrogens with one attached hydrogen (secondary N) is 2. The molecule has 1 fully saturated rings. The minimum Gasteiger partial charge on any atom is -0.367 e. The number of aromatic nitrogens is 6. The van der Waals surface area contributed by atoms with Gasteiger partial charge in [-0.15, -0.1) is 0 Å². The molecule has 30 heavy (non-hydrogen) atoms. The van der Waals surface area contributed by atoms with Gasteiger partial charge in [0.15, 0.2) is 5.65 Å². The van der Waals surface area contributed by atoms with Crippen molar-refractivity contribution in [1.82, 2.24) is 29.2 Å². The molecule has 10 nitrogen and oxygen atoms in total. The number of nitrogens with zero attached hydrogens (tertiary/aromatic N) is 6. The lowest BCUT2D eigenvalue weighted by molar-refractivity contribution is 0.394. The first-order chi connectivity index (χ1) is 14.6. The van der Waals surface area contributed by atoms with Gasteiger partial charge in [0.05, 0.1) is 17.4 Å². The molecule has 0 saturated heterocycles. The van der Waals surface area contributed by atoms with Gasteiger partial charge >= 0.3 is 5.69 Å². The summed E-state index contributed by atoms with van der Waals surface area (Å²) in [6.07, 6.45) is 6.36. The zero-order chi connectivity index (χ0) is 20.7. The molecular weight excluding hydrogens is 384 g/mol. The van der Waals surface area contributed by atoms with Crippen LogP contribution in [0.15, 0.2) is 46.0 Å². The van der Waals surface area contributed by atoms with Crippen molar-refractivity contribution in [2.75, 3.05) is 10.6 Å². The molecule has 4 aromatic heterocycles. The summed E-state index contributed by atoms with van der Waals surface area (Å²) in [4.78, 5) is 25.7. The quantitative estimate of drug-likeness (QED) is 0.518. The number of fused-ring (bicyclic) bond motifs is 1. The average Bonchev–Trinajstić information content (AvgIpc) is 3.43. The zero-order valence-electron chi connectivity index (χ0n) is 16.7. The molecule has 5 rings (SSSR count). The number of hydrogen-bond acceptors (Lipinski definition) is 8. The lowest BCUT2D eigenvalue weighted by atomic mass is 10.2. The van der Waals surface area contributed by atoms with Gasteiger partial charge in [0.25, 0.3) is 5.95 Å². The summed E-state index contributed by atoms with van der Waals surface area (Å²) in [7, 11) is 1.72. The van der Waals surface area contributed by atoms with Crippen molar-refractivity contribution in [3.8, 4) is 5.69 Å². The third-order valence-corrected chi connectivity index (χ3v) is 5.45. The Hall–Kier alpha value is -3.69. The maximum Gasteiger partial charge on any atom is 0.334 e. The van der Waals surface area contributed by atoms with Crippen LogP contribution >= 0.6 is 0 Å². The van der Waals surface area contributed by atoms with Crippen LogP contribution < -0.4 is 16.3 Å². The largest absolute Gasteiger partial charge is 0.367 e. The monoisotopic (exact) mass is 406 g/mol. The predicted molar refractivity (Wildman–Crippen MR) is 112 cm³/mol. The van der Waals surface area contributed by atoms with Gasteiger partial charge in [0.2, 0.25) is 5.89 Å². The van der Waals surface area contributed by atoms with Crippen LogP contribution in [0.3, 0.4) is 0 Å². The summed E-state index contributed by atoms with van der Waals surface area (Å²) < 4.78 is 8.17. The van der Waals surface area contributed by atoms with Crippen LogP contribution in [0, 0.1) is 6.92 Å². The Morgan fingerprint density at radius 3 is 2.70 bits per heavy atom. The molecule has 4 aromatic rings. The fraction of sp³-hybridized carbons (Fsp3) is 0.350. The Morgan fingerprint density at radius 1 is 1.13 bits per heavy atom. The predicted octanol–water partition coefficient (Wildman–Crippen LogP) is 2.26. The Labute approximate surface area is 172 Å². The Morgan fingerprint density at radius 2 is 1.97 bits per heavy atom. The van der Waals surface area contributed by atoms with E-state index in [1.54, 1.807) is 35.5 Å². The molecule has 154 valence electrons. The number of anilines is 2. The minimum atomic E-state index is -0.146. The van der Waals surface area contributed by atoms with Gasteiger partial charge in [0, 0.05) is 32.3 Å². The molecule has 1 aliphatic rings. The molecule has 0 aliphatic heterocycles. The summed E-state index contributed by atoms with van der Waals surface area (Å²) in [5.41, 5.74) is 1.97. The number of aryl methyl sites for hydroxylation is 2. The van der Waals surface area contributed by atoms with Crippen LogP contribution in [0.4, 0.5) is 11.8 Å². The summed E-state index contributed by atoms with van der Waals surface area (Å²) in [6, 6.07) is 8.10. The van der Waals surface area contributed by atoms with Gasteiger partial charge in [-0.25, -0.2) is 14.8 Å². The molecule has 1 saturated carbocycles. The van der Waals surface area contributed by atoms with Crippen LogP contribution in [0.2, 0.25) is 0 Å². The first-order valence-electron chi connectivity index (χ1n) is 9.91. The maximum absolute atomic E-state index is 12.7. The third-order valence-electron chi connectivity index (χ3n) is 5.45. The Balaban J connectivity index is 1.29. The van der Waals surface area contributed by atoms with E-state index in [2.05, 4.69) is 30.7 Å². The van der Waals surface area contributed by atoms with Gasteiger partial charge in [-0.2, -0.15) is 4.98 Å². The molecule has 0 amide bonds. The van der Waals surface area contributed by atoms with Crippen LogP contribution in [0.1, 0.15) is 25.2 Å². The van der Waals surface area contributed by atoms with Gasteiger partial charge in [0.1, 0.15) is 5.82 Å². The normalized spacial score (nSPS) is 18.7. The topological polar surface area (TPSA) is 116 Å². The third kappa shape index (κ3) is 3.30. The number of pyridine rings is 2. The van der Waals surface area contributed by atoms with E-state index in [1.807, 2.05) is 24.3 Å². The summed E-state index contributed by atoms with van der Waals surface area (Å²) in [6.45, 7) is 1.77. The second-order valence-corrected chi connectivity index (χ2v) is 7.56. The van der Waals surface area contributed by atoms with E-state index in [9.17, 15) is 4.79 Å². The zero-order valence-corrected chi connectivity index (χ0v) is 16.7. The molecule has 10 heteroatoms. The molecule has 0 bridgehead atoms. The van der Waals surface area contributed by atoms with Crippen LogP contribution in [0.5, 0.6) is 0 Å². The van der Waals surface area contributed by atoms with Crippen molar-refractivity contribution < 1.29 is 4.52 Å². The van der Waals surface area contributed by atoms with Crippen molar-refractivity contribution in [3.05, 3.63) is 53.0 Å². The van der Waals surface area contributed by atoms with Crippen LogP contribution in [-0.4, -0.2) is 41.3 Å².